The number of urea groups is 1. The van der Waals surface area contributed by atoms with Crippen LogP contribution in [-0.2, 0) is 6.54 Å². The molecular formula is C22H27N3O3S. The van der Waals surface area contributed by atoms with Crippen molar-refractivity contribution in [2.24, 2.45) is 0 Å². The molecule has 0 aliphatic rings. The van der Waals surface area contributed by atoms with Gasteiger partial charge in [-0.15, -0.1) is 11.3 Å². The summed E-state index contributed by atoms with van der Waals surface area (Å²) in [5.74, 6) is 1.31. The molecule has 1 atom stereocenters. The minimum Gasteiger partial charge on any atom is -0.493 e. The van der Waals surface area contributed by atoms with E-state index in [0.29, 0.717) is 24.6 Å². The van der Waals surface area contributed by atoms with E-state index in [9.17, 15) is 4.79 Å². The van der Waals surface area contributed by atoms with Gasteiger partial charge in [0.05, 0.1) is 20.3 Å². The number of amides is 2. The van der Waals surface area contributed by atoms with Crippen molar-refractivity contribution in [2.75, 3.05) is 34.9 Å². The molecule has 0 fully saturated rings. The third-order valence-corrected chi connectivity index (χ3v) is 5.83. The van der Waals surface area contributed by atoms with E-state index >= 15 is 0 Å². The van der Waals surface area contributed by atoms with Crippen LogP contribution in [0.15, 0.2) is 47.8 Å². The second-order valence-corrected chi connectivity index (χ2v) is 7.83. The van der Waals surface area contributed by atoms with Crippen LogP contribution in [0, 0.1) is 0 Å². The zero-order valence-corrected chi connectivity index (χ0v) is 18.0. The fraction of sp³-hybridized carbons (Fsp3) is 0.318. The van der Waals surface area contributed by atoms with Crippen molar-refractivity contribution in [1.29, 1.82) is 0 Å². The van der Waals surface area contributed by atoms with Gasteiger partial charge in [0.25, 0.3) is 0 Å². The number of methoxy groups -OCH3 is 2. The molecule has 154 valence electrons. The summed E-state index contributed by atoms with van der Waals surface area (Å²) in [5.41, 5.74) is 2.17. The number of hydrogen-bond acceptors (Lipinski definition) is 5. The van der Waals surface area contributed by atoms with Gasteiger partial charge in [0.1, 0.15) is 0 Å². The summed E-state index contributed by atoms with van der Waals surface area (Å²) in [6, 6.07) is 13.8. The van der Waals surface area contributed by atoms with Crippen molar-refractivity contribution in [3.05, 3.63) is 59.0 Å². The summed E-state index contributed by atoms with van der Waals surface area (Å²) < 4.78 is 11.8. The highest BCUT2D eigenvalue weighted by Gasteiger charge is 2.19. The first kappa shape index (κ1) is 21.0. The third kappa shape index (κ3) is 4.99. The summed E-state index contributed by atoms with van der Waals surface area (Å²) >= 11 is 1.73. The lowest BCUT2D eigenvalue weighted by molar-refractivity contribution is 0.232. The molecule has 1 unspecified atom stereocenters. The van der Waals surface area contributed by atoms with E-state index in [-0.39, 0.29) is 12.1 Å². The van der Waals surface area contributed by atoms with E-state index in [1.54, 1.807) is 25.6 Å². The van der Waals surface area contributed by atoms with E-state index in [0.717, 1.165) is 5.56 Å². The molecule has 1 heterocycles. The van der Waals surface area contributed by atoms with Crippen molar-refractivity contribution < 1.29 is 14.3 Å². The number of nitrogens with one attached hydrogen (secondary N) is 2. The first-order valence-corrected chi connectivity index (χ1v) is 10.3. The highest BCUT2D eigenvalue weighted by atomic mass is 32.1. The normalized spacial score (nSPS) is 12.0. The molecule has 6 nitrogen and oxygen atoms in total. The second kappa shape index (κ2) is 9.62. The first-order valence-electron chi connectivity index (χ1n) is 9.38. The zero-order valence-electron chi connectivity index (χ0n) is 17.2. The van der Waals surface area contributed by atoms with E-state index < -0.39 is 0 Å². The van der Waals surface area contributed by atoms with Crippen molar-refractivity contribution in [2.45, 2.75) is 12.6 Å². The van der Waals surface area contributed by atoms with Gasteiger partial charge >= 0.3 is 6.03 Å². The number of carbonyl (C=O) groups excluding carboxylic acids is 1. The van der Waals surface area contributed by atoms with E-state index in [2.05, 4.69) is 39.1 Å². The average Bonchev–Trinajstić information content (AvgIpc) is 3.16. The molecule has 0 saturated heterocycles. The van der Waals surface area contributed by atoms with Crippen LogP contribution in [0.4, 0.5) is 4.79 Å². The van der Waals surface area contributed by atoms with Crippen molar-refractivity contribution in [1.82, 2.24) is 15.5 Å². The maximum Gasteiger partial charge on any atom is 0.315 e. The molecule has 0 bridgehead atoms. The largest absolute Gasteiger partial charge is 0.493 e. The predicted molar refractivity (Wildman–Crippen MR) is 118 cm³/mol. The Bertz CT molecular complexity index is 971. The molecule has 0 saturated carbocycles. The third-order valence-electron chi connectivity index (χ3n) is 4.85. The Morgan fingerprint density at radius 2 is 1.83 bits per heavy atom. The number of hydrogen-bond donors (Lipinski definition) is 2. The summed E-state index contributed by atoms with van der Waals surface area (Å²) in [5, 5.41) is 9.32. The van der Waals surface area contributed by atoms with Crippen LogP contribution < -0.4 is 20.1 Å². The van der Waals surface area contributed by atoms with Crippen LogP contribution in [0.5, 0.6) is 11.5 Å². The van der Waals surface area contributed by atoms with Gasteiger partial charge in [-0.3, -0.25) is 0 Å². The molecule has 1 aromatic heterocycles. The number of thiophene rings is 1. The summed E-state index contributed by atoms with van der Waals surface area (Å²) in [4.78, 5) is 14.5. The van der Waals surface area contributed by atoms with Crippen molar-refractivity contribution >= 4 is 27.5 Å². The molecule has 0 radical (unpaired) electrons. The number of fused-ring (bicyclic) bond motifs is 1. The zero-order chi connectivity index (χ0) is 20.8. The molecule has 0 aliphatic carbocycles. The topological polar surface area (TPSA) is 62.8 Å². The van der Waals surface area contributed by atoms with Gasteiger partial charge in [0.15, 0.2) is 11.5 Å². The van der Waals surface area contributed by atoms with Crippen LogP contribution in [0.2, 0.25) is 0 Å². The molecule has 7 heteroatoms. The molecule has 29 heavy (non-hydrogen) atoms. The lowest BCUT2D eigenvalue weighted by atomic mass is 10.0. The molecule has 2 aromatic carbocycles. The predicted octanol–water partition coefficient (Wildman–Crippen LogP) is 4.02. The number of rotatable bonds is 8. The van der Waals surface area contributed by atoms with Gasteiger partial charge in [0, 0.05) is 17.8 Å². The Kier molecular flexibility index (Phi) is 6.95. The van der Waals surface area contributed by atoms with Crippen LogP contribution >= 0.6 is 11.3 Å². The molecule has 2 amide bonds. The average molecular weight is 414 g/mol. The van der Waals surface area contributed by atoms with Crippen LogP contribution in [0.25, 0.3) is 10.1 Å². The molecule has 0 aliphatic heterocycles. The molecule has 3 rings (SSSR count). The van der Waals surface area contributed by atoms with Gasteiger partial charge in [-0.1, -0.05) is 24.3 Å². The molecular weight excluding hydrogens is 386 g/mol. The Morgan fingerprint density at radius 3 is 2.55 bits per heavy atom. The van der Waals surface area contributed by atoms with Gasteiger partial charge in [-0.05, 0) is 54.2 Å². The molecule has 2 N–H and O–H groups in total. The SMILES string of the molecule is COc1ccc(CNC(=O)NCC(c2csc3ccccc23)N(C)C)cc1OC. The van der Waals surface area contributed by atoms with Gasteiger partial charge in [-0.25, -0.2) is 4.79 Å². The lowest BCUT2D eigenvalue weighted by Gasteiger charge is -2.24. The number of nitrogens with zero attached hydrogens (tertiary/aromatic N) is 1. The fourth-order valence-corrected chi connectivity index (χ4v) is 4.26. The van der Waals surface area contributed by atoms with E-state index in [4.69, 9.17) is 9.47 Å². The Balaban J connectivity index is 1.60. The highest BCUT2D eigenvalue weighted by Crippen LogP contribution is 2.32. The summed E-state index contributed by atoms with van der Waals surface area (Å²) in [7, 11) is 7.25. The quantitative estimate of drug-likeness (QED) is 0.586. The Labute approximate surface area is 175 Å². The first-order chi connectivity index (χ1) is 14.0. The summed E-state index contributed by atoms with van der Waals surface area (Å²) in [6.07, 6.45) is 0. The summed E-state index contributed by atoms with van der Waals surface area (Å²) in [6.45, 7) is 0.922. The standard InChI is InChI=1S/C22H27N3O3S/c1-25(2)18(17-14-29-21-8-6-5-7-16(17)21)13-24-22(26)23-12-15-9-10-19(27-3)20(11-15)28-4/h5-11,14,18H,12-13H2,1-4H3,(H2,23,24,26). The monoisotopic (exact) mass is 413 g/mol. The van der Waals surface area contributed by atoms with Crippen LogP contribution in [0.1, 0.15) is 17.2 Å². The maximum absolute atomic E-state index is 12.4. The van der Waals surface area contributed by atoms with Gasteiger partial charge in [0.2, 0.25) is 0 Å². The number of likely N-dealkylation sites (N-methyl/N-ethyl adjacent to an activating group) is 1. The van der Waals surface area contributed by atoms with Crippen molar-refractivity contribution in [3.63, 3.8) is 0 Å². The lowest BCUT2D eigenvalue weighted by Crippen LogP contribution is -2.40. The maximum atomic E-state index is 12.4. The number of benzene rings is 2. The molecule has 3 aromatic rings. The highest BCUT2D eigenvalue weighted by molar-refractivity contribution is 7.17. The van der Waals surface area contributed by atoms with Gasteiger partial charge < -0.3 is 25.0 Å². The van der Waals surface area contributed by atoms with Crippen LogP contribution in [0.3, 0.4) is 0 Å². The minimum atomic E-state index is -0.203. The smallest absolute Gasteiger partial charge is 0.315 e. The van der Waals surface area contributed by atoms with Crippen molar-refractivity contribution in [3.8, 4) is 11.5 Å². The Morgan fingerprint density at radius 1 is 1.07 bits per heavy atom. The number of carbonyl (C=O) groups is 1. The van der Waals surface area contributed by atoms with Crippen LogP contribution in [-0.4, -0.2) is 45.8 Å². The minimum absolute atomic E-state index is 0.0954. The fourth-order valence-electron chi connectivity index (χ4n) is 3.25. The van der Waals surface area contributed by atoms with E-state index in [1.165, 1.54) is 15.6 Å². The van der Waals surface area contributed by atoms with E-state index in [1.807, 2.05) is 38.4 Å². The number of ether oxygens (including phenoxy) is 2. The Hall–Kier alpha value is -2.77. The second-order valence-electron chi connectivity index (χ2n) is 6.92. The molecule has 0 spiro atoms. The van der Waals surface area contributed by atoms with Gasteiger partial charge in [-0.2, -0.15) is 0 Å².